The lowest BCUT2D eigenvalue weighted by Crippen LogP contribution is -2.15. The Morgan fingerprint density at radius 2 is 2.05 bits per heavy atom. The highest BCUT2D eigenvalue weighted by Crippen LogP contribution is 2.20. The molecule has 0 saturated carbocycles. The highest BCUT2D eigenvalue weighted by molar-refractivity contribution is 7.92. The summed E-state index contributed by atoms with van der Waals surface area (Å²) in [6.45, 7) is 0. The molecule has 1 heterocycles. The largest absolute Gasteiger partial charge is 0.399 e. The van der Waals surface area contributed by atoms with Crippen LogP contribution in [0.15, 0.2) is 35.4 Å². The summed E-state index contributed by atoms with van der Waals surface area (Å²) >= 11 is 5.52. The summed E-state index contributed by atoms with van der Waals surface area (Å²) in [5.41, 5.74) is 5.48. The lowest BCUT2D eigenvalue weighted by molar-refractivity contribution is 0.570. The Hall–Kier alpha value is -1.93. The van der Waals surface area contributed by atoms with Gasteiger partial charge in [0.1, 0.15) is 16.5 Å². The number of anilines is 2. The average Bonchev–Trinajstić information content (AvgIpc) is 2.27. The molecule has 100 valence electrons. The Bertz CT molecular complexity index is 723. The lowest BCUT2D eigenvalue weighted by atomic mass is 10.3. The zero-order valence-electron chi connectivity index (χ0n) is 9.34. The Balaban J connectivity index is 2.38. The molecule has 1 aromatic heterocycles. The number of rotatable bonds is 3. The summed E-state index contributed by atoms with van der Waals surface area (Å²) < 4.78 is 39.6. The zero-order valence-corrected chi connectivity index (χ0v) is 10.9. The van der Waals surface area contributed by atoms with Crippen molar-refractivity contribution in [2.45, 2.75) is 4.90 Å². The fourth-order valence-electron chi connectivity index (χ4n) is 1.32. The molecule has 6 nitrogen and oxygen atoms in total. The molecule has 0 aliphatic carbocycles. The normalized spacial score (nSPS) is 11.3. The van der Waals surface area contributed by atoms with E-state index in [0.29, 0.717) is 0 Å². The fraction of sp³-hybridized carbons (Fsp3) is 0. The highest BCUT2D eigenvalue weighted by Gasteiger charge is 2.19. The van der Waals surface area contributed by atoms with E-state index in [0.717, 1.165) is 12.1 Å². The topological polar surface area (TPSA) is 98.0 Å². The predicted octanol–water partition coefficient (Wildman–Crippen LogP) is 1.65. The van der Waals surface area contributed by atoms with Gasteiger partial charge in [-0.3, -0.25) is 4.72 Å². The summed E-state index contributed by atoms with van der Waals surface area (Å²) in [6, 6.07) is 4.56. The molecule has 0 radical (unpaired) electrons. The first-order valence-electron chi connectivity index (χ1n) is 4.95. The number of halogens is 2. The van der Waals surface area contributed by atoms with Crippen LogP contribution in [0.5, 0.6) is 0 Å². The first kappa shape index (κ1) is 13.5. The van der Waals surface area contributed by atoms with Gasteiger partial charge in [-0.25, -0.2) is 17.8 Å². The van der Waals surface area contributed by atoms with Gasteiger partial charge in [0.25, 0.3) is 10.0 Å². The molecular weight excluding hydrogens is 295 g/mol. The van der Waals surface area contributed by atoms with Crippen LogP contribution in [0.1, 0.15) is 0 Å². The number of nitrogen functional groups attached to an aromatic ring is 1. The smallest absolute Gasteiger partial charge is 0.265 e. The maximum absolute atomic E-state index is 13.6. The third-order valence-corrected chi connectivity index (χ3v) is 3.68. The van der Waals surface area contributed by atoms with Gasteiger partial charge in [0.15, 0.2) is 0 Å². The van der Waals surface area contributed by atoms with Gasteiger partial charge in [-0.1, -0.05) is 0 Å². The van der Waals surface area contributed by atoms with Crippen LogP contribution in [0.4, 0.5) is 15.9 Å². The highest BCUT2D eigenvalue weighted by atomic mass is 35.5. The van der Waals surface area contributed by atoms with Gasteiger partial charge in [0.05, 0.1) is 0 Å². The van der Waals surface area contributed by atoms with E-state index in [2.05, 4.69) is 14.7 Å². The number of benzene rings is 1. The van der Waals surface area contributed by atoms with E-state index < -0.39 is 20.7 Å². The molecule has 0 aliphatic heterocycles. The summed E-state index contributed by atoms with van der Waals surface area (Å²) in [6.07, 6.45) is 1.27. The van der Waals surface area contributed by atoms with Crippen molar-refractivity contribution >= 4 is 33.1 Å². The minimum atomic E-state index is -4.11. The van der Waals surface area contributed by atoms with Crippen molar-refractivity contribution in [2.75, 3.05) is 10.5 Å². The first-order valence-corrected chi connectivity index (χ1v) is 6.81. The molecule has 0 bridgehead atoms. The molecule has 9 heteroatoms. The van der Waals surface area contributed by atoms with Gasteiger partial charge >= 0.3 is 0 Å². The molecule has 3 N–H and O–H groups in total. The number of sulfonamides is 1. The molecule has 2 aromatic rings. The molecule has 1 aromatic carbocycles. The van der Waals surface area contributed by atoms with E-state index >= 15 is 0 Å². The van der Waals surface area contributed by atoms with Gasteiger partial charge in [-0.05, 0) is 35.9 Å². The number of aromatic nitrogens is 2. The van der Waals surface area contributed by atoms with Crippen LogP contribution in [0.2, 0.25) is 5.28 Å². The van der Waals surface area contributed by atoms with E-state index in [9.17, 15) is 12.8 Å². The summed E-state index contributed by atoms with van der Waals surface area (Å²) in [5.74, 6) is -1.01. The molecule has 0 unspecified atom stereocenters. The van der Waals surface area contributed by atoms with Crippen molar-refractivity contribution in [3.05, 3.63) is 41.6 Å². The quantitative estimate of drug-likeness (QED) is 0.663. The van der Waals surface area contributed by atoms with E-state index in [4.69, 9.17) is 17.3 Å². The van der Waals surface area contributed by atoms with Crippen LogP contribution < -0.4 is 10.5 Å². The summed E-state index contributed by atoms with van der Waals surface area (Å²) in [4.78, 5) is 6.72. The Kier molecular flexibility index (Phi) is 3.54. The maximum Gasteiger partial charge on any atom is 0.265 e. The minimum Gasteiger partial charge on any atom is -0.399 e. The summed E-state index contributed by atoms with van der Waals surface area (Å²) in [5, 5.41) is -0.127. The number of nitrogens with one attached hydrogen (secondary N) is 1. The van der Waals surface area contributed by atoms with Gasteiger partial charge in [-0.2, -0.15) is 4.98 Å². The molecule has 0 amide bonds. The van der Waals surface area contributed by atoms with Crippen molar-refractivity contribution < 1.29 is 12.8 Å². The maximum atomic E-state index is 13.6. The lowest BCUT2D eigenvalue weighted by Gasteiger charge is -2.08. The Morgan fingerprint density at radius 3 is 2.68 bits per heavy atom. The average molecular weight is 303 g/mol. The van der Waals surface area contributed by atoms with Crippen molar-refractivity contribution in [1.82, 2.24) is 9.97 Å². The van der Waals surface area contributed by atoms with E-state index in [1.807, 2.05) is 0 Å². The fourth-order valence-corrected chi connectivity index (χ4v) is 2.53. The third kappa shape index (κ3) is 3.09. The predicted molar refractivity (Wildman–Crippen MR) is 68.7 cm³/mol. The van der Waals surface area contributed by atoms with Crippen molar-refractivity contribution in [1.29, 1.82) is 0 Å². The van der Waals surface area contributed by atoms with Gasteiger partial charge in [-0.15, -0.1) is 0 Å². The molecule has 0 spiro atoms. The SMILES string of the molecule is Nc1ccc(S(=O)(=O)Nc2ccnc(Cl)n2)c(F)c1. The molecule has 19 heavy (non-hydrogen) atoms. The molecule has 2 rings (SSSR count). The monoisotopic (exact) mass is 302 g/mol. The standard InChI is InChI=1S/C10H8ClFN4O2S/c11-10-14-4-3-9(15-10)16-19(17,18)8-2-1-6(13)5-7(8)12/h1-5H,13H2,(H,14,15,16). The number of hydrogen-bond donors (Lipinski definition) is 2. The number of nitrogens with two attached hydrogens (primary N) is 1. The number of hydrogen-bond acceptors (Lipinski definition) is 5. The molecular formula is C10H8ClFN4O2S. The van der Waals surface area contributed by atoms with Crippen LogP contribution >= 0.6 is 11.6 Å². The molecule has 0 atom stereocenters. The second-order valence-electron chi connectivity index (χ2n) is 3.51. The Morgan fingerprint density at radius 1 is 1.32 bits per heavy atom. The second kappa shape index (κ2) is 4.98. The van der Waals surface area contributed by atoms with Gasteiger partial charge in [0.2, 0.25) is 5.28 Å². The second-order valence-corrected chi connectivity index (χ2v) is 5.50. The minimum absolute atomic E-state index is 0.0591. The van der Waals surface area contributed by atoms with Gasteiger partial charge in [0, 0.05) is 11.9 Å². The van der Waals surface area contributed by atoms with Crippen LogP contribution in [-0.2, 0) is 10.0 Å². The van der Waals surface area contributed by atoms with Crippen LogP contribution in [-0.4, -0.2) is 18.4 Å². The molecule has 0 saturated heterocycles. The molecule has 0 fully saturated rings. The third-order valence-electron chi connectivity index (χ3n) is 2.11. The summed E-state index contributed by atoms with van der Waals surface area (Å²) in [7, 11) is -4.11. The van der Waals surface area contributed by atoms with Crippen LogP contribution in [0.25, 0.3) is 0 Å². The van der Waals surface area contributed by atoms with Crippen molar-refractivity contribution in [2.24, 2.45) is 0 Å². The van der Waals surface area contributed by atoms with E-state index in [1.165, 1.54) is 18.3 Å². The van der Waals surface area contributed by atoms with Crippen molar-refractivity contribution in [3.8, 4) is 0 Å². The van der Waals surface area contributed by atoms with E-state index in [-0.39, 0.29) is 16.8 Å². The zero-order chi connectivity index (χ0) is 14.0. The first-order chi connectivity index (χ1) is 8.88. The van der Waals surface area contributed by atoms with E-state index in [1.54, 1.807) is 0 Å². The van der Waals surface area contributed by atoms with Crippen LogP contribution in [0, 0.1) is 5.82 Å². The number of nitrogens with zero attached hydrogens (tertiary/aromatic N) is 2. The van der Waals surface area contributed by atoms with Crippen molar-refractivity contribution in [3.63, 3.8) is 0 Å². The molecule has 0 aliphatic rings. The van der Waals surface area contributed by atoms with Crippen LogP contribution in [0.3, 0.4) is 0 Å². The Labute approximate surface area is 113 Å². The van der Waals surface area contributed by atoms with Gasteiger partial charge < -0.3 is 5.73 Å².